The minimum atomic E-state index is 0. The van der Waals surface area contributed by atoms with Crippen molar-refractivity contribution in [3.8, 4) is 11.1 Å². The molecular formula is C6H8N2. The van der Waals surface area contributed by atoms with Gasteiger partial charge in [0.05, 0.1) is 0 Å². The monoisotopic (exact) mass is 108 g/mol. The number of rotatable bonds is 0. The fraction of sp³-hybridized carbons (Fsp3) is 0. The van der Waals surface area contributed by atoms with Gasteiger partial charge in [-0.1, -0.05) is 12.1 Å². The summed E-state index contributed by atoms with van der Waals surface area (Å²) in [7, 11) is 0. The zero-order valence-corrected chi connectivity index (χ0v) is 4.52. The lowest BCUT2D eigenvalue weighted by Crippen LogP contribution is -1.98. The Morgan fingerprint density at radius 2 is 2.00 bits per heavy atom. The number of fused-ring (bicyclic) bond motifs is 1. The van der Waals surface area contributed by atoms with Gasteiger partial charge in [-0.05, 0) is 11.6 Å². The smallest absolute Gasteiger partial charge is 0.0399 e. The predicted octanol–water partition coefficient (Wildman–Crippen LogP) is 1.41. The predicted molar refractivity (Wildman–Crippen MR) is 34.9 cm³/mol. The van der Waals surface area contributed by atoms with Crippen LogP contribution < -0.4 is 11.9 Å². The van der Waals surface area contributed by atoms with E-state index in [1.165, 1.54) is 11.1 Å². The third-order valence-corrected chi connectivity index (χ3v) is 1.36. The van der Waals surface area contributed by atoms with Crippen molar-refractivity contribution in [2.45, 2.75) is 0 Å². The average molecular weight is 108 g/mol. The topological polar surface area (TPSA) is 61.0 Å². The van der Waals surface area contributed by atoms with Crippen LogP contribution in [0.3, 0.4) is 0 Å². The fourth-order valence-electron chi connectivity index (χ4n) is 0.819. The fourth-order valence-corrected chi connectivity index (χ4v) is 0.819. The zero-order valence-electron chi connectivity index (χ0n) is 4.52. The molecule has 2 aliphatic rings. The van der Waals surface area contributed by atoms with Gasteiger partial charge in [0, 0.05) is 11.3 Å². The van der Waals surface area contributed by atoms with Crippen LogP contribution in [-0.4, -0.2) is 0 Å². The van der Waals surface area contributed by atoms with E-state index in [9.17, 15) is 0 Å². The molecule has 8 heavy (non-hydrogen) atoms. The first-order valence-corrected chi connectivity index (χ1v) is 2.28. The average Bonchev–Trinajstić information content (AvgIpc) is 1.59. The molecule has 0 aromatic rings. The number of hydrogen-bond donors (Lipinski definition) is 2. The Kier molecular flexibility index (Phi) is 0.788. The molecule has 0 radical (unpaired) electrons. The van der Waals surface area contributed by atoms with Crippen LogP contribution in [0.5, 0.6) is 0 Å². The van der Waals surface area contributed by atoms with Crippen LogP contribution in [0.4, 0.5) is 5.69 Å². The summed E-state index contributed by atoms with van der Waals surface area (Å²) in [4.78, 5) is 0. The van der Waals surface area contributed by atoms with Gasteiger partial charge in [-0.2, -0.15) is 0 Å². The second-order valence-electron chi connectivity index (χ2n) is 1.80. The number of anilines is 1. The van der Waals surface area contributed by atoms with Crippen LogP contribution in [0.15, 0.2) is 18.2 Å². The van der Waals surface area contributed by atoms with Gasteiger partial charge in [-0.25, -0.2) is 0 Å². The van der Waals surface area contributed by atoms with Crippen LogP contribution in [0, 0.1) is 0 Å². The quantitative estimate of drug-likeness (QED) is 0.501. The minimum Gasteiger partial charge on any atom is -0.398 e. The second kappa shape index (κ2) is 1.23. The summed E-state index contributed by atoms with van der Waals surface area (Å²) in [5.41, 5.74) is 8.92. The molecule has 0 aromatic heterocycles. The molecule has 0 amide bonds. The van der Waals surface area contributed by atoms with Crippen molar-refractivity contribution >= 4 is 5.69 Å². The van der Waals surface area contributed by atoms with Crippen molar-refractivity contribution in [2.75, 3.05) is 5.73 Å². The molecule has 5 N–H and O–H groups in total. The maximum absolute atomic E-state index is 5.42. The maximum Gasteiger partial charge on any atom is 0.0399 e. The molecule has 0 saturated carbocycles. The summed E-state index contributed by atoms with van der Waals surface area (Å²) in [5, 5.41) is 0. The van der Waals surface area contributed by atoms with Gasteiger partial charge in [0.2, 0.25) is 0 Å². The van der Waals surface area contributed by atoms with Crippen molar-refractivity contribution in [2.24, 2.45) is 0 Å². The molecule has 0 spiro atoms. The first-order chi connectivity index (χ1) is 3.38. The summed E-state index contributed by atoms with van der Waals surface area (Å²) >= 11 is 0. The number of hydrogen-bond acceptors (Lipinski definition) is 2. The van der Waals surface area contributed by atoms with Crippen molar-refractivity contribution in [3.05, 3.63) is 18.2 Å². The van der Waals surface area contributed by atoms with E-state index in [4.69, 9.17) is 5.73 Å². The molecule has 0 fully saturated rings. The van der Waals surface area contributed by atoms with Gasteiger partial charge >= 0.3 is 0 Å². The van der Waals surface area contributed by atoms with E-state index in [1.54, 1.807) is 0 Å². The van der Waals surface area contributed by atoms with Crippen molar-refractivity contribution in [1.29, 1.82) is 0 Å². The lowest BCUT2D eigenvalue weighted by molar-refractivity contribution is 1.54. The molecule has 2 rings (SSSR count). The summed E-state index contributed by atoms with van der Waals surface area (Å²) in [6.45, 7) is 0. The minimum absolute atomic E-state index is 0. The molecule has 0 bridgehead atoms. The molecule has 0 atom stereocenters. The van der Waals surface area contributed by atoms with Gasteiger partial charge in [0.25, 0.3) is 0 Å². The van der Waals surface area contributed by atoms with E-state index in [-0.39, 0.29) is 6.15 Å². The van der Waals surface area contributed by atoms with Crippen molar-refractivity contribution in [1.82, 2.24) is 6.15 Å². The van der Waals surface area contributed by atoms with Gasteiger partial charge < -0.3 is 11.9 Å². The van der Waals surface area contributed by atoms with E-state index < -0.39 is 0 Å². The van der Waals surface area contributed by atoms with Gasteiger partial charge in [0.1, 0.15) is 0 Å². The Morgan fingerprint density at radius 3 is 2.00 bits per heavy atom. The second-order valence-corrected chi connectivity index (χ2v) is 1.80. The number of nitrogen functional groups attached to an aromatic ring is 1. The highest BCUT2D eigenvalue weighted by molar-refractivity contribution is 5.90. The molecule has 2 nitrogen and oxygen atoms in total. The van der Waals surface area contributed by atoms with E-state index in [1.807, 2.05) is 12.1 Å². The zero-order chi connectivity index (χ0) is 4.85. The molecule has 2 heteroatoms. The summed E-state index contributed by atoms with van der Waals surface area (Å²) < 4.78 is 0. The first kappa shape index (κ1) is 5.12. The van der Waals surface area contributed by atoms with E-state index in [2.05, 4.69) is 6.07 Å². The lowest BCUT2D eigenvalue weighted by atomic mass is 9.91. The summed E-state index contributed by atoms with van der Waals surface area (Å²) in [6, 6.07) is 6.08. The van der Waals surface area contributed by atoms with Crippen molar-refractivity contribution < 1.29 is 0 Å². The van der Waals surface area contributed by atoms with Crippen LogP contribution in [-0.2, 0) is 0 Å². The van der Waals surface area contributed by atoms with E-state index in [0.29, 0.717) is 0 Å². The largest absolute Gasteiger partial charge is 0.398 e. The lowest BCUT2D eigenvalue weighted by Gasteiger charge is -2.16. The SMILES string of the molecule is N.Nc1cc2ccc1-2. The summed E-state index contributed by atoms with van der Waals surface area (Å²) in [5.74, 6) is 0. The van der Waals surface area contributed by atoms with Crippen LogP contribution in [0.25, 0.3) is 11.1 Å². The van der Waals surface area contributed by atoms with Crippen LogP contribution >= 0.6 is 0 Å². The van der Waals surface area contributed by atoms with Crippen molar-refractivity contribution in [3.63, 3.8) is 0 Å². The normalized spacial score (nSPS) is 10.0. The molecule has 2 aliphatic carbocycles. The Balaban J connectivity index is 0.000000320. The third-order valence-electron chi connectivity index (χ3n) is 1.36. The number of benzene rings is 1. The highest BCUT2D eigenvalue weighted by Gasteiger charge is 2.12. The highest BCUT2D eigenvalue weighted by atomic mass is 14.6. The maximum atomic E-state index is 5.42. The molecule has 0 heterocycles. The molecule has 0 saturated heterocycles. The Hall–Kier alpha value is -1.02. The Morgan fingerprint density at radius 1 is 1.25 bits per heavy atom. The Labute approximate surface area is 47.9 Å². The van der Waals surface area contributed by atoms with Gasteiger partial charge in [0.15, 0.2) is 0 Å². The molecule has 42 valence electrons. The van der Waals surface area contributed by atoms with Gasteiger partial charge in [-0.3, -0.25) is 0 Å². The van der Waals surface area contributed by atoms with Crippen LogP contribution in [0.2, 0.25) is 0 Å². The van der Waals surface area contributed by atoms with E-state index in [0.717, 1.165) is 5.69 Å². The van der Waals surface area contributed by atoms with Crippen LogP contribution in [0.1, 0.15) is 0 Å². The standard InChI is InChI=1S/C6H5N.H3N/c7-6-3-4-1-2-5(4)6;/h1-3H,7H2;1H3. The summed E-state index contributed by atoms with van der Waals surface area (Å²) in [6.07, 6.45) is 0. The first-order valence-electron chi connectivity index (χ1n) is 2.28. The number of nitrogens with two attached hydrogens (primary N) is 1. The van der Waals surface area contributed by atoms with Gasteiger partial charge in [-0.15, -0.1) is 0 Å². The highest BCUT2D eigenvalue weighted by Crippen LogP contribution is 2.38. The Bertz CT molecular complexity index is 218. The molecule has 0 aromatic carbocycles. The molecule has 0 aliphatic heterocycles. The van der Waals surface area contributed by atoms with E-state index >= 15 is 0 Å². The molecule has 0 unspecified atom stereocenters. The molecular weight excluding hydrogens is 100 g/mol. The third kappa shape index (κ3) is 0.309.